The number of hydrogen-bond acceptors (Lipinski definition) is 4. The van der Waals surface area contributed by atoms with Gasteiger partial charge in [0.1, 0.15) is 5.69 Å². The number of aryl methyl sites for hydroxylation is 1. The molecule has 1 aliphatic rings. The van der Waals surface area contributed by atoms with Gasteiger partial charge in [-0.15, -0.1) is 0 Å². The van der Waals surface area contributed by atoms with Crippen molar-refractivity contribution < 1.29 is 9.53 Å². The number of carbonyl (C=O) groups excluding carboxylic acids is 1. The summed E-state index contributed by atoms with van der Waals surface area (Å²) in [5.41, 5.74) is 2.65. The molecule has 1 unspecified atom stereocenters. The highest BCUT2D eigenvalue weighted by Gasteiger charge is 2.26. The third-order valence-corrected chi connectivity index (χ3v) is 4.40. The lowest BCUT2D eigenvalue weighted by Crippen LogP contribution is -2.31. The van der Waals surface area contributed by atoms with Crippen molar-refractivity contribution in [3.63, 3.8) is 0 Å². The van der Waals surface area contributed by atoms with Gasteiger partial charge in [0, 0.05) is 25.5 Å². The normalized spacial score (nSPS) is 17.1. The maximum atomic E-state index is 12.5. The molecular formula is C17H25N5O2. The van der Waals surface area contributed by atoms with E-state index in [1.54, 1.807) is 19.6 Å². The molecule has 0 aromatic carbocycles. The minimum absolute atomic E-state index is 0.0470. The molecule has 0 spiro atoms. The Balaban J connectivity index is 1.71. The molecule has 0 saturated heterocycles. The summed E-state index contributed by atoms with van der Waals surface area (Å²) < 4.78 is 8.95. The summed E-state index contributed by atoms with van der Waals surface area (Å²) in [4.78, 5) is 16.7. The van der Waals surface area contributed by atoms with Gasteiger partial charge in [0.05, 0.1) is 31.2 Å². The number of carbonyl (C=O) groups is 1. The summed E-state index contributed by atoms with van der Waals surface area (Å²) in [7, 11) is 1.68. The van der Waals surface area contributed by atoms with E-state index in [9.17, 15) is 4.79 Å². The van der Waals surface area contributed by atoms with E-state index in [2.05, 4.69) is 35.4 Å². The highest BCUT2D eigenvalue weighted by atomic mass is 16.5. The van der Waals surface area contributed by atoms with Crippen LogP contribution < -0.4 is 5.32 Å². The second-order valence-electron chi connectivity index (χ2n) is 6.51. The fraction of sp³-hybridized carbons (Fsp3) is 0.588. The van der Waals surface area contributed by atoms with Gasteiger partial charge in [-0.25, -0.2) is 4.98 Å². The maximum Gasteiger partial charge on any atom is 0.272 e. The van der Waals surface area contributed by atoms with Crippen molar-refractivity contribution in [2.75, 3.05) is 13.7 Å². The number of fused-ring (bicyclic) bond motifs is 1. The molecule has 3 rings (SSSR count). The third-order valence-electron chi connectivity index (χ3n) is 4.40. The quantitative estimate of drug-likeness (QED) is 0.880. The molecule has 0 saturated carbocycles. The molecule has 0 radical (unpaired) electrons. The summed E-state index contributed by atoms with van der Waals surface area (Å²) in [6.07, 6.45) is 8.53. The molecule has 0 fully saturated rings. The Kier molecular flexibility index (Phi) is 4.99. The number of nitrogens with zero attached hydrogens (tertiary/aromatic N) is 4. The molecular weight excluding hydrogens is 306 g/mol. The van der Waals surface area contributed by atoms with Gasteiger partial charge in [-0.3, -0.25) is 9.48 Å². The van der Waals surface area contributed by atoms with Crippen molar-refractivity contribution in [2.24, 2.45) is 0 Å². The van der Waals surface area contributed by atoms with Gasteiger partial charge < -0.3 is 14.6 Å². The SMILES string of the molecule is COCCn1cc2c(n1)C(NC(=O)c1cn(C(C)C)cn1)CCC2. The molecule has 130 valence electrons. The Hall–Kier alpha value is -2.15. The Morgan fingerprint density at radius 3 is 3.00 bits per heavy atom. The van der Waals surface area contributed by atoms with Crippen LogP contribution in [0.5, 0.6) is 0 Å². The molecule has 1 N–H and O–H groups in total. The van der Waals surface area contributed by atoms with Gasteiger partial charge in [0.25, 0.3) is 5.91 Å². The van der Waals surface area contributed by atoms with Crippen LogP contribution in [0.15, 0.2) is 18.7 Å². The maximum absolute atomic E-state index is 12.5. The van der Waals surface area contributed by atoms with E-state index in [-0.39, 0.29) is 18.0 Å². The van der Waals surface area contributed by atoms with Crippen molar-refractivity contribution in [2.45, 2.75) is 51.7 Å². The van der Waals surface area contributed by atoms with Gasteiger partial charge in [0.15, 0.2) is 0 Å². The van der Waals surface area contributed by atoms with Crippen LogP contribution in [0.2, 0.25) is 0 Å². The van der Waals surface area contributed by atoms with E-state index in [0.29, 0.717) is 12.3 Å². The number of ether oxygens (including phenoxy) is 1. The lowest BCUT2D eigenvalue weighted by Gasteiger charge is -2.21. The van der Waals surface area contributed by atoms with Crippen molar-refractivity contribution in [3.05, 3.63) is 35.7 Å². The highest BCUT2D eigenvalue weighted by molar-refractivity contribution is 5.92. The van der Waals surface area contributed by atoms with Gasteiger partial charge in [0.2, 0.25) is 0 Å². The number of hydrogen-bond donors (Lipinski definition) is 1. The summed E-state index contributed by atoms with van der Waals surface area (Å²) in [5.74, 6) is -0.140. The Labute approximate surface area is 142 Å². The van der Waals surface area contributed by atoms with Crippen LogP contribution in [0.4, 0.5) is 0 Å². The fourth-order valence-corrected chi connectivity index (χ4v) is 3.01. The lowest BCUT2D eigenvalue weighted by atomic mass is 9.93. The van der Waals surface area contributed by atoms with E-state index in [4.69, 9.17) is 4.74 Å². The first-order chi connectivity index (χ1) is 11.6. The van der Waals surface area contributed by atoms with Crippen LogP contribution in [0.1, 0.15) is 60.5 Å². The average Bonchev–Trinajstić information content (AvgIpc) is 3.20. The summed E-state index contributed by atoms with van der Waals surface area (Å²) in [6, 6.07) is 0.242. The number of rotatable bonds is 6. The molecule has 2 heterocycles. The van der Waals surface area contributed by atoms with Crippen LogP contribution in [0.3, 0.4) is 0 Å². The predicted octanol–water partition coefficient (Wildman–Crippen LogP) is 2.11. The Morgan fingerprint density at radius 1 is 1.46 bits per heavy atom. The first-order valence-corrected chi connectivity index (χ1v) is 8.48. The van der Waals surface area contributed by atoms with Crippen LogP contribution in [-0.2, 0) is 17.7 Å². The zero-order valence-electron chi connectivity index (χ0n) is 14.5. The fourth-order valence-electron chi connectivity index (χ4n) is 3.01. The predicted molar refractivity (Wildman–Crippen MR) is 89.9 cm³/mol. The molecule has 1 amide bonds. The number of aromatic nitrogens is 4. The standard InChI is InChI=1S/C17H25N5O2/c1-12(2)21-10-15(18-11-21)17(23)19-14-6-4-5-13-9-22(7-8-24-3)20-16(13)14/h9-12,14H,4-8H2,1-3H3,(H,19,23). The van der Waals surface area contributed by atoms with Crippen LogP contribution in [0, 0.1) is 0 Å². The summed E-state index contributed by atoms with van der Waals surface area (Å²) in [6.45, 7) is 5.47. The average molecular weight is 331 g/mol. The Morgan fingerprint density at radius 2 is 2.29 bits per heavy atom. The molecule has 1 aliphatic carbocycles. The van der Waals surface area contributed by atoms with E-state index >= 15 is 0 Å². The second kappa shape index (κ2) is 7.17. The monoisotopic (exact) mass is 331 g/mol. The molecule has 2 aromatic heterocycles. The van der Waals surface area contributed by atoms with E-state index in [1.165, 1.54) is 5.56 Å². The number of imidazole rings is 1. The van der Waals surface area contributed by atoms with Gasteiger partial charge in [-0.05, 0) is 38.7 Å². The number of nitrogens with one attached hydrogen (secondary N) is 1. The summed E-state index contributed by atoms with van der Waals surface area (Å²) >= 11 is 0. The minimum Gasteiger partial charge on any atom is -0.383 e. The molecule has 24 heavy (non-hydrogen) atoms. The lowest BCUT2D eigenvalue weighted by molar-refractivity contribution is 0.0927. The van der Waals surface area contributed by atoms with Crippen LogP contribution in [-0.4, -0.2) is 39.0 Å². The van der Waals surface area contributed by atoms with Crippen molar-refractivity contribution in [3.8, 4) is 0 Å². The molecule has 7 heteroatoms. The largest absolute Gasteiger partial charge is 0.383 e. The first-order valence-electron chi connectivity index (χ1n) is 8.48. The van der Waals surface area contributed by atoms with E-state index in [0.717, 1.165) is 31.5 Å². The first kappa shape index (κ1) is 16.7. The smallest absolute Gasteiger partial charge is 0.272 e. The van der Waals surface area contributed by atoms with Crippen LogP contribution in [0.25, 0.3) is 0 Å². The number of amides is 1. The van der Waals surface area contributed by atoms with E-state index in [1.807, 2.05) is 9.25 Å². The molecule has 1 atom stereocenters. The topological polar surface area (TPSA) is 74.0 Å². The van der Waals surface area contributed by atoms with Crippen LogP contribution >= 0.6 is 0 Å². The van der Waals surface area contributed by atoms with Gasteiger partial charge >= 0.3 is 0 Å². The van der Waals surface area contributed by atoms with Crippen molar-refractivity contribution in [1.29, 1.82) is 0 Å². The highest BCUT2D eigenvalue weighted by Crippen LogP contribution is 2.28. The molecule has 0 bridgehead atoms. The van der Waals surface area contributed by atoms with Gasteiger partial charge in [-0.2, -0.15) is 5.10 Å². The molecule has 7 nitrogen and oxygen atoms in total. The van der Waals surface area contributed by atoms with E-state index < -0.39 is 0 Å². The molecule has 2 aromatic rings. The third kappa shape index (κ3) is 3.51. The van der Waals surface area contributed by atoms with Gasteiger partial charge in [-0.1, -0.05) is 0 Å². The second-order valence-corrected chi connectivity index (χ2v) is 6.51. The van der Waals surface area contributed by atoms with Crippen molar-refractivity contribution in [1.82, 2.24) is 24.6 Å². The summed E-state index contributed by atoms with van der Waals surface area (Å²) in [5, 5.41) is 7.74. The Bertz CT molecular complexity index is 704. The number of methoxy groups -OCH3 is 1. The zero-order valence-corrected chi connectivity index (χ0v) is 14.5. The minimum atomic E-state index is -0.140. The zero-order chi connectivity index (χ0) is 17.1. The van der Waals surface area contributed by atoms with Crippen molar-refractivity contribution >= 4 is 5.91 Å². The molecule has 0 aliphatic heterocycles.